The second-order valence-corrected chi connectivity index (χ2v) is 5.23. The third kappa shape index (κ3) is 3.57. The fraction of sp³-hybridized carbons (Fsp3) is 0.467. The highest BCUT2D eigenvalue weighted by Gasteiger charge is 2.36. The zero-order valence-corrected chi connectivity index (χ0v) is 11.3. The minimum Gasteiger partial charge on any atom is -0.465 e. The summed E-state index contributed by atoms with van der Waals surface area (Å²) < 4.78 is 5.65. The van der Waals surface area contributed by atoms with Crippen molar-refractivity contribution in [3.8, 4) is 0 Å². The monoisotopic (exact) mass is 277 g/mol. The molecule has 1 saturated heterocycles. The molecule has 0 aliphatic carbocycles. The standard InChI is InChI=1S/C15H19NO4/c17-11-15(6-8-16(9-7-15)14(18)19)12-20-10-13-4-2-1-3-5-13/h1-5,11H,6-10,12H2,(H,18,19). The van der Waals surface area contributed by atoms with E-state index in [-0.39, 0.29) is 0 Å². The number of aldehydes is 1. The summed E-state index contributed by atoms with van der Waals surface area (Å²) in [5.41, 5.74) is 0.525. The molecule has 0 spiro atoms. The van der Waals surface area contributed by atoms with Gasteiger partial charge in [0.05, 0.1) is 18.6 Å². The van der Waals surface area contributed by atoms with E-state index in [9.17, 15) is 9.59 Å². The summed E-state index contributed by atoms with van der Waals surface area (Å²) in [6.45, 7) is 1.60. The Morgan fingerprint density at radius 1 is 1.30 bits per heavy atom. The molecule has 1 aliphatic heterocycles. The molecule has 20 heavy (non-hydrogen) atoms. The van der Waals surface area contributed by atoms with Crippen molar-refractivity contribution in [2.75, 3.05) is 19.7 Å². The molecular weight excluding hydrogens is 258 g/mol. The largest absolute Gasteiger partial charge is 0.465 e. The molecule has 0 bridgehead atoms. The third-order valence-corrected chi connectivity index (χ3v) is 3.78. The van der Waals surface area contributed by atoms with E-state index in [0.29, 0.717) is 39.1 Å². The van der Waals surface area contributed by atoms with Gasteiger partial charge in [0.25, 0.3) is 0 Å². The molecule has 5 nitrogen and oxygen atoms in total. The maximum atomic E-state index is 11.4. The van der Waals surface area contributed by atoms with Crippen molar-refractivity contribution in [2.45, 2.75) is 19.4 Å². The molecule has 0 radical (unpaired) electrons. The Morgan fingerprint density at radius 2 is 1.95 bits per heavy atom. The Hall–Kier alpha value is -1.88. The van der Waals surface area contributed by atoms with Crippen molar-refractivity contribution >= 4 is 12.4 Å². The first-order chi connectivity index (χ1) is 9.65. The van der Waals surface area contributed by atoms with Crippen LogP contribution in [0.25, 0.3) is 0 Å². The van der Waals surface area contributed by atoms with E-state index in [1.165, 1.54) is 4.90 Å². The molecule has 1 aromatic rings. The van der Waals surface area contributed by atoms with Crippen molar-refractivity contribution < 1.29 is 19.4 Å². The van der Waals surface area contributed by atoms with Gasteiger partial charge in [0.15, 0.2) is 0 Å². The Balaban J connectivity index is 1.84. The van der Waals surface area contributed by atoms with Crippen LogP contribution < -0.4 is 0 Å². The van der Waals surface area contributed by atoms with Crippen LogP contribution >= 0.6 is 0 Å². The zero-order valence-electron chi connectivity index (χ0n) is 11.3. The number of rotatable bonds is 5. The number of hydrogen-bond acceptors (Lipinski definition) is 3. The molecule has 1 fully saturated rings. The molecule has 1 aromatic carbocycles. The van der Waals surface area contributed by atoms with Crippen molar-refractivity contribution in [1.82, 2.24) is 4.90 Å². The van der Waals surface area contributed by atoms with Crippen LogP contribution in [0.3, 0.4) is 0 Å². The molecule has 1 amide bonds. The fourth-order valence-electron chi connectivity index (χ4n) is 2.39. The molecule has 5 heteroatoms. The quantitative estimate of drug-likeness (QED) is 0.837. The normalized spacial score (nSPS) is 17.7. The molecule has 0 aromatic heterocycles. The van der Waals surface area contributed by atoms with E-state index < -0.39 is 11.5 Å². The minimum absolute atomic E-state index is 0.346. The molecule has 1 aliphatic rings. The molecular formula is C15H19NO4. The van der Waals surface area contributed by atoms with E-state index in [1.54, 1.807) is 0 Å². The lowest BCUT2D eigenvalue weighted by molar-refractivity contribution is -0.123. The van der Waals surface area contributed by atoms with E-state index in [0.717, 1.165) is 11.8 Å². The molecule has 0 atom stereocenters. The average molecular weight is 277 g/mol. The Bertz CT molecular complexity index is 452. The van der Waals surface area contributed by atoms with Gasteiger partial charge in [-0.15, -0.1) is 0 Å². The van der Waals surface area contributed by atoms with Gasteiger partial charge in [-0.3, -0.25) is 0 Å². The molecule has 1 heterocycles. The highest BCUT2D eigenvalue weighted by atomic mass is 16.5. The topological polar surface area (TPSA) is 66.8 Å². The van der Waals surface area contributed by atoms with Crippen molar-refractivity contribution in [3.05, 3.63) is 35.9 Å². The number of amides is 1. The SMILES string of the molecule is O=CC1(COCc2ccccc2)CCN(C(=O)O)CC1. The van der Waals surface area contributed by atoms with Crippen LogP contribution in [-0.2, 0) is 16.1 Å². The molecule has 1 N–H and O–H groups in total. The maximum absolute atomic E-state index is 11.4. The van der Waals surface area contributed by atoms with Gasteiger partial charge < -0.3 is 19.5 Å². The summed E-state index contributed by atoms with van der Waals surface area (Å²) in [6, 6.07) is 9.78. The van der Waals surface area contributed by atoms with Gasteiger partial charge in [-0.1, -0.05) is 30.3 Å². The molecule has 108 valence electrons. The first-order valence-corrected chi connectivity index (χ1v) is 6.71. The molecule has 0 unspecified atom stereocenters. The molecule has 2 rings (SSSR count). The highest BCUT2D eigenvalue weighted by molar-refractivity contribution is 5.66. The fourth-order valence-corrected chi connectivity index (χ4v) is 2.39. The second kappa shape index (κ2) is 6.52. The van der Waals surface area contributed by atoms with Crippen LogP contribution in [0.15, 0.2) is 30.3 Å². The maximum Gasteiger partial charge on any atom is 0.407 e. The lowest BCUT2D eigenvalue weighted by atomic mass is 9.80. The predicted molar refractivity (Wildman–Crippen MR) is 73.4 cm³/mol. The summed E-state index contributed by atoms with van der Waals surface area (Å²) in [6.07, 6.45) is 1.06. The number of benzene rings is 1. The number of carbonyl (C=O) groups is 2. The minimum atomic E-state index is -0.922. The number of piperidine rings is 1. The van der Waals surface area contributed by atoms with E-state index in [2.05, 4.69) is 0 Å². The smallest absolute Gasteiger partial charge is 0.407 e. The van der Waals surface area contributed by atoms with Crippen molar-refractivity contribution in [2.24, 2.45) is 5.41 Å². The summed E-state index contributed by atoms with van der Waals surface area (Å²) >= 11 is 0. The van der Waals surface area contributed by atoms with E-state index in [1.807, 2.05) is 30.3 Å². The van der Waals surface area contributed by atoms with Gasteiger partial charge in [0.2, 0.25) is 0 Å². The number of nitrogens with zero attached hydrogens (tertiary/aromatic N) is 1. The number of likely N-dealkylation sites (tertiary alicyclic amines) is 1. The van der Waals surface area contributed by atoms with Crippen LogP contribution in [0.2, 0.25) is 0 Å². The number of hydrogen-bond donors (Lipinski definition) is 1. The number of carbonyl (C=O) groups excluding carboxylic acids is 1. The lowest BCUT2D eigenvalue weighted by Gasteiger charge is -2.36. The van der Waals surface area contributed by atoms with Gasteiger partial charge >= 0.3 is 6.09 Å². The Morgan fingerprint density at radius 3 is 2.50 bits per heavy atom. The Kier molecular flexibility index (Phi) is 4.74. The highest BCUT2D eigenvalue weighted by Crippen LogP contribution is 2.30. The summed E-state index contributed by atoms with van der Waals surface area (Å²) in [5.74, 6) is 0. The zero-order chi connectivity index (χ0) is 14.4. The molecule has 0 saturated carbocycles. The lowest BCUT2D eigenvalue weighted by Crippen LogP contribution is -2.45. The second-order valence-electron chi connectivity index (χ2n) is 5.23. The summed E-state index contributed by atoms with van der Waals surface area (Å²) in [4.78, 5) is 23.6. The van der Waals surface area contributed by atoms with Crippen molar-refractivity contribution in [3.63, 3.8) is 0 Å². The van der Waals surface area contributed by atoms with Gasteiger partial charge in [-0.2, -0.15) is 0 Å². The Labute approximate surface area is 118 Å². The van der Waals surface area contributed by atoms with E-state index >= 15 is 0 Å². The summed E-state index contributed by atoms with van der Waals surface area (Å²) in [5, 5.41) is 8.91. The summed E-state index contributed by atoms with van der Waals surface area (Å²) in [7, 11) is 0. The van der Waals surface area contributed by atoms with Gasteiger partial charge in [-0.25, -0.2) is 4.79 Å². The predicted octanol–water partition coefficient (Wildman–Crippen LogP) is 2.16. The number of ether oxygens (including phenoxy) is 1. The van der Waals surface area contributed by atoms with Crippen LogP contribution in [0.5, 0.6) is 0 Å². The van der Waals surface area contributed by atoms with Gasteiger partial charge in [0.1, 0.15) is 6.29 Å². The van der Waals surface area contributed by atoms with Crippen LogP contribution in [0, 0.1) is 5.41 Å². The van der Waals surface area contributed by atoms with Crippen LogP contribution in [-0.4, -0.2) is 42.1 Å². The third-order valence-electron chi connectivity index (χ3n) is 3.78. The van der Waals surface area contributed by atoms with Gasteiger partial charge in [-0.05, 0) is 18.4 Å². The van der Waals surface area contributed by atoms with E-state index in [4.69, 9.17) is 9.84 Å². The van der Waals surface area contributed by atoms with Crippen molar-refractivity contribution in [1.29, 1.82) is 0 Å². The van der Waals surface area contributed by atoms with Crippen LogP contribution in [0.1, 0.15) is 18.4 Å². The van der Waals surface area contributed by atoms with Gasteiger partial charge in [0, 0.05) is 13.1 Å². The average Bonchev–Trinajstić information content (AvgIpc) is 2.49. The first-order valence-electron chi connectivity index (χ1n) is 6.71. The first kappa shape index (κ1) is 14.5. The van der Waals surface area contributed by atoms with Crippen LogP contribution in [0.4, 0.5) is 4.79 Å². The number of carboxylic acid groups (broad SMARTS) is 1.